The highest BCUT2D eigenvalue weighted by Crippen LogP contribution is 2.50. The first kappa shape index (κ1) is 14.7. The highest BCUT2D eigenvalue weighted by atomic mass is 79.9. The number of rotatable bonds is 4. The van der Waals surface area contributed by atoms with Gasteiger partial charge in [0.15, 0.2) is 0 Å². The summed E-state index contributed by atoms with van der Waals surface area (Å²) >= 11 is 9.31. The van der Waals surface area contributed by atoms with E-state index in [9.17, 15) is 8.78 Å². The summed E-state index contributed by atoms with van der Waals surface area (Å²) in [5.41, 5.74) is -0.221. The second-order valence-corrected chi connectivity index (χ2v) is 6.99. The van der Waals surface area contributed by atoms with Gasteiger partial charge in [-0.2, -0.15) is 0 Å². The summed E-state index contributed by atoms with van der Waals surface area (Å²) in [5, 5.41) is 0. The summed E-state index contributed by atoms with van der Waals surface area (Å²) in [6.07, 6.45) is 3.37. The van der Waals surface area contributed by atoms with Crippen molar-refractivity contribution < 1.29 is 13.5 Å². The summed E-state index contributed by atoms with van der Waals surface area (Å²) in [4.78, 5) is 0. The number of halogens is 4. The first-order valence-corrected chi connectivity index (χ1v) is 8.20. The van der Waals surface area contributed by atoms with Crippen molar-refractivity contribution in [2.75, 3.05) is 12.5 Å². The van der Waals surface area contributed by atoms with Crippen molar-refractivity contribution in [1.82, 2.24) is 0 Å². The Morgan fingerprint density at radius 1 is 1.35 bits per heavy atom. The van der Waals surface area contributed by atoms with E-state index in [1.807, 2.05) is 0 Å². The molecule has 20 heavy (non-hydrogen) atoms. The smallest absolute Gasteiger partial charge is 0.143 e. The van der Waals surface area contributed by atoms with E-state index in [0.29, 0.717) is 29.3 Å². The normalized spacial score (nSPS) is 29.9. The van der Waals surface area contributed by atoms with Gasteiger partial charge in [-0.25, -0.2) is 8.78 Å². The van der Waals surface area contributed by atoms with Gasteiger partial charge in [0.05, 0.1) is 10.6 Å². The maximum absolute atomic E-state index is 14.2. The molecular formula is C15H16BrClF2O. The third kappa shape index (κ3) is 2.51. The Bertz CT molecular complexity index is 521. The minimum Gasteiger partial charge on any atom is -0.377 e. The zero-order valence-electron chi connectivity index (χ0n) is 11.0. The molecule has 0 radical (unpaired) electrons. The van der Waals surface area contributed by atoms with Gasteiger partial charge in [0.25, 0.3) is 0 Å². The molecule has 1 aromatic rings. The molecule has 0 N–H and O–H groups in total. The van der Waals surface area contributed by atoms with Crippen LogP contribution in [-0.4, -0.2) is 18.6 Å². The number of hydrogen-bond acceptors (Lipinski definition) is 1. The van der Waals surface area contributed by atoms with E-state index in [1.54, 1.807) is 0 Å². The summed E-state index contributed by atoms with van der Waals surface area (Å²) in [5.74, 6) is -0.137. The van der Waals surface area contributed by atoms with Crippen LogP contribution in [-0.2, 0) is 11.2 Å². The Hall–Kier alpha value is -0.190. The Morgan fingerprint density at radius 2 is 2.10 bits per heavy atom. The molecule has 1 saturated carbocycles. The van der Waals surface area contributed by atoms with Crippen LogP contribution in [0.25, 0.3) is 0 Å². The molecule has 110 valence electrons. The Kier molecular flexibility index (Phi) is 4.08. The maximum atomic E-state index is 14.2. The van der Waals surface area contributed by atoms with E-state index in [2.05, 4.69) is 15.9 Å². The van der Waals surface area contributed by atoms with Crippen LogP contribution in [0.3, 0.4) is 0 Å². The van der Waals surface area contributed by atoms with Gasteiger partial charge in [0, 0.05) is 23.5 Å². The number of benzene rings is 1. The summed E-state index contributed by atoms with van der Waals surface area (Å²) in [6.45, 7) is 0.630. The molecule has 2 fully saturated rings. The van der Waals surface area contributed by atoms with Crippen LogP contribution in [0.4, 0.5) is 8.78 Å². The van der Waals surface area contributed by atoms with Crippen LogP contribution in [0.2, 0.25) is 0 Å². The minimum absolute atomic E-state index is 0.0396. The average molecular weight is 366 g/mol. The van der Waals surface area contributed by atoms with Crippen molar-refractivity contribution in [3.8, 4) is 0 Å². The fraction of sp³-hybridized carbons (Fsp3) is 0.600. The second-order valence-electron chi connectivity index (χ2n) is 5.87. The molecular weight excluding hydrogens is 350 g/mol. The molecule has 1 saturated heterocycles. The molecule has 0 amide bonds. The molecule has 2 atom stereocenters. The molecule has 1 aliphatic carbocycles. The number of alkyl halides is 1. The molecule has 0 spiro atoms. The Morgan fingerprint density at radius 3 is 2.75 bits per heavy atom. The lowest BCUT2D eigenvalue weighted by Gasteiger charge is -2.32. The lowest BCUT2D eigenvalue weighted by Crippen LogP contribution is -2.37. The predicted molar refractivity (Wildman–Crippen MR) is 78.0 cm³/mol. The predicted octanol–water partition coefficient (Wildman–Crippen LogP) is 4.69. The zero-order valence-corrected chi connectivity index (χ0v) is 13.3. The molecule has 5 heteroatoms. The second kappa shape index (κ2) is 5.54. The summed E-state index contributed by atoms with van der Waals surface area (Å²) in [6, 6.07) is 2.69. The molecule has 1 aliphatic heterocycles. The van der Waals surface area contributed by atoms with E-state index < -0.39 is 11.6 Å². The molecule has 1 aromatic carbocycles. The molecule has 1 nitrogen and oxygen atoms in total. The van der Waals surface area contributed by atoms with Crippen LogP contribution < -0.4 is 0 Å². The van der Waals surface area contributed by atoms with Crippen molar-refractivity contribution >= 4 is 27.5 Å². The Labute approximate surface area is 130 Å². The molecule has 1 heterocycles. The van der Waals surface area contributed by atoms with Gasteiger partial charge in [-0.15, -0.1) is 11.6 Å². The van der Waals surface area contributed by atoms with Crippen molar-refractivity contribution in [3.63, 3.8) is 0 Å². The Balaban J connectivity index is 1.93. The average Bonchev–Trinajstić information content (AvgIpc) is 3.20. The van der Waals surface area contributed by atoms with Crippen LogP contribution in [0.15, 0.2) is 16.6 Å². The van der Waals surface area contributed by atoms with Gasteiger partial charge < -0.3 is 4.74 Å². The molecule has 2 unspecified atom stereocenters. The molecule has 2 aliphatic rings. The van der Waals surface area contributed by atoms with Gasteiger partial charge in [-0.05, 0) is 59.7 Å². The van der Waals surface area contributed by atoms with Crippen LogP contribution in [0, 0.1) is 23.0 Å². The third-order valence-electron chi connectivity index (χ3n) is 4.48. The van der Waals surface area contributed by atoms with Gasteiger partial charge in [-0.1, -0.05) is 0 Å². The standard InChI is InChI=1S/C15H16BrClF2O/c16-11-3-4-12(18)10(13(11)19)7-15(8-17)5-6-20-14(15)9-1-2-9/h3-4,9,14H,1-2,5-8H2. The minimum atomic E-state index is -0.518. The van der Waals surface area contributed by atoms with Crippen molar-refractivity contribution in [3.05, 3.63) is 33.8 Å². The topological polar surface area (TPSA) is 9.23 Å². The van der Waals surface area contributed by atoms with Crippen LogP contribution in [0.1, 0.15) is 24.8 Å². The lowest BCUT2D eigenvalue weighted by molar-refractivity contribution is 0.0396. The van der Waals surface area contributed by atoms with Gasteiger partial charge in [-0.3, -0.25) is 0 Å². The first-order valence-electron chi connectivity index (χ1n) is 6.87. The zero-order chi connectivity index (χ0) is 14.3. The lowest BCUT2D eigenvalue weighted by atomic mass is 9.75. The highest BCUT2D eigenvalue weighted by Gasteiger charge is 2.51. The van der Waals surface area contributed by atoms with Crippen molar-refractivity contribution in [2.24, 2.45) is 11.3 Å². The van der Waals surface area contributed by atoms with Crippen LogP contribution >= 0.6 is 27.5 Å². The van der Waals surface area contributed by atoms with Gasteiger partial charge in [0.1, 0.15) is 11.6 Å². The number of ether oxygens (including phenoxy) is 1. The van der Waals surface area contributed by atoms with Gasteiger partial charge >= 0.3 is 0 Å². The molecule has 0 aromatic heterocycles. The molecule has 0 bridgehead atoms. The molecule has 3 rings (SSSR count). The first-order chi connectivity index (χ1) is 9.57. The van der Waals surface area contributed by atoms with E-state index in [0.717, 1.165) is 19.3 Å². The van der Waals surface area contributed by atoms with Crippen LogP contribution in [0.5, 0.6) is 0 Å². The van der Waals surface area contributed by atoms with Gasteiger partial charge in [0.2, 0.25) is 0 Å². The summed E-state index contributed by atoms with van der Waals surface area (Å²) in [7, 11) is 0. The van der Waals surface area contributed by atoms with E-state index >= 15 is 0 Å². The monoisotopic (exact) mass is 364 g/mol. The van der Waals surface area contributed by atoms with Crippen molar-refractivity contribution in [1.29, 1.82) is 0 Å². The van der Waals surface area contributed by atoms with E-state index in [-0.39, 0.29) is 17.1 Å². The third-order valence-corrected chi connectivity index (χ3v) is 5.63. The summed E-state index contributed by atoms with van der Waals surface area (Å²) < 4.78 is 34.3. The largest absolute Gasteiger partial charge is 0.377 e. The highest BCUT2D eigenvalue weighted by molar-refractivity contribution is 9.10. The SMILES string of the molecule is Fc1ccc(Br)c(F)c1CC1(CCl)CCOC1C1CC1. The fourth-order valence-electron chi connectivity index (χ4n) is 3.21. The number of hydrogen-bond donors (Lipinski definition) is 0. The van der Waals surface area contributed by atoms with E-state index in [1.165, 1.54) is 12.1 Å². The van der Waals surface area contributed by atoms with E-state index in [4.69, 9.17) is 16.3 Å². The quantitative estimate of drug-likeness (QED) is 0.555. The maximum Gasteiger partial charge on any atom is 0.143 e. The van der Waals surface area contributed by atoms with Crippen molar-refractivity contribution in [2.45, 2.75) is 31.8 Å². The fourth-order valence-corrected chi connectivity index (χ4v) is 3.96.